The van der Waals surface area contributed by atoms with E-state index >= 15 is 0 Å². The zero-order valence-corrected chi connectivity index (χ0v) is 13.5. The number of aryl methyl sites for hydroxylation is 1. The molecule has 0 saturated carbocycles. The van der Waals surface area contributed by atoms with Crippen molar-refractivity contribution in [1.29, 1.82) is 0 Å². The molecule has 1 aromatic carbocycles. The second kappa shape index (κ2) is 5.89. The molecule has 0 spiro atoms. The number of imidazole rings is 1. The normalized spacial score (nSPS) is 17.7. The Bertz CT molecular complexity index is 695. The molecule has 0 amide bonds. The van der Waals surface area contributed by atoms with Crippen LogP contribution in [0.3, 0.4) is 0 Å². The monoisotopic (exact) mass is 307 g/mol. The Balaban J connectivity index is 1.86. The lowest BCUT2D eigenvalue weighted by Gasteiger charge is -2.31. The van der Waals surface area contributed by atoms with E-state index in [1.807, 2.05) is 6.07 Å². The second-order valence-corrected chi connectivity index (χ2v) is 6.42. The number of nitrogens with zero attached hydrogens (tertiary/aromatic N) is 2. The Hall–Kier alpha value is -1.20. The molecule has 21 heavy (non-hydrogen) atoms. The van der Waals surface area contributed by atoms with Gasteiger partial charge in [0.1, 0.15) is 5.82 Å². The maximum atomic E-state index is 13.7. The first-order chi connectivity index (χ1) is 10.1. The van der Waals surface area contributed by atoms with Crippen molar-refractivity contribution in [3.63, 3.8) is 0 Å². The predicted octanol–water partition coefficient (Wildman–Crippen LogP) is 3.88. The highest BCUT2D eigenvalue weighted by Crippen LogP contribution is 2.24. The van der Waals surface area contributed by atoms with Crippen LogP contribution in [0.5, 0.6) is 0 Å². The number of halogens is 1. The summed E-state index contributed by atoms with van der Waals surface area (Å²) in [4.78, 5) is 5.62. The van der Waals surface area contributed by atoms with E-state index in [-0.39, 0.29) is 5.82 Å². The van der Waals surface area contributed by atoms with Crippen molar-refractivity contribution in [2.75, 3.05) is 19.6 Å². The van der Waals surface area contributed by atoms with Crippen LogP contribution in [0.4, 0.5) is 4.39 Å². The van der Waals surface area contributed by atoms with Crippen LogP contribution in [0, 0.1) is 23.4 Å². The number of rotatable bonds is 3. The Labute approximate surface area is 129 Å². The van der Waals surface area contributed by atoms with E-state index in [0.717, 1.165) is 24.1 Å². The summed E-state index contributed by atoms with van der Waals surface area (Å²) >= 11 is 5.43. The van der Waals surface area contributed by atoms with E-state index in [4.69, 9.17) is 12.2 Å². The number of hydrogen-bond donors (Lipinski definition) is 1. The summed E-state index contributed by atoms with van der Waals surface area (Å²) in [5.41, 5.74) is 2.50. The molecule has 0 radical (unpaired) electrons. The van der Waals surface area contributed by atoms with Crippen molar-refractivity contribution in [1.82, 2.24) is 14.5 Å². The van der Waals surface area contributed by atoms with E-state index in [0.29, 0.717) is 16.3 Å². The number of aromatic amines is 1. The molecule has 3 rings (SSSR count). The Kier molecular flexibility index (Phi) is 4.13. The lowest BCUT2D eigenvalue weighted by molar-refractivity contribution is 0.181. The molecule has 114 valence electrons. The Morgan fingerprint density at radius 1 is 1.33 bits per heavy atom. The van der Waals surface area contributed by atoms with Crippen LogP contribution in [0.1, 0.15) is 25.3 Å². The molecule has 0 bridgehead atoms. The van der Waals surface area contributed by atoms with Gasteiger partial charge in [-0.05, 0) is 75.2 Å². The van der Waals surface area contributed by atoms with Gasteiger partial charge in [-0.15, -0.1) is 0 Å². The van der Waals surface area contributed by atoms with Crippen molar-refractivity contribution in [2.45, 2.75) is 33.2 Å². The molecule has 3 nitrogen and oxygen atoms in total. The van der Waals surface area contributed by atoms with Crippen molar-refractivity contribution in [2.24, 2.45) is 5.92 Å². The van der Waals surface area contributed by atoms with Gasteiger partial charge in [-0.1, -0.05) is 6.92 Å². The fourth-order valence-electron chi connectivity index (χ4n) is 3.21. The van der Waals surface area contributed by atoms with Gasteiger partial charge in [-0.2, -0.15) is 0 Å². The van der Waals surface area contributed by atoms with E-state index in [9.17, 15) is 4.39 Å². The van der Waals surface area contributed by atoms with Gasteiger partial charge in [0, 0.05) is 6.54 Å². The number of likely N-dealkylation sites (tertiary alicyclic amines) is 1. The van der Waals surface area contributed by atoms with E-state index in [2.05, 4.69) is 21.4 Å². The smallest absolute Gasteiger partial charge is 0.178 e. The number of benzene rings is 1. The highest BCUT2D eigenvalue weighted by Gasteiger charge is 2.19. The highest BCUT2D eigenvalue weighted by molar-refractivity contribution is 7.71. The third kappa shape index (κ3) is 2.90. The van der Waals surface area contributed by atoms with Crippen LogP contribution in [0.2, 0.25) is 0 Å². The minimum atomic E-state index is -0.179. The number of nitrogens with one attached hydrogen (secondary N) is 1. The maximum absolute atomic E-state index is 13.7. The van der Waals surface area contributed by atoms with Crippen LogP contribution in [0.15, 0.2) is 12.1 Å². The molecule has 2 aromatic rings. The fraction of sp³-hybridized carbons (Fsp3) is 0.562. The Morgan fingerprint density at radius 2 is 2.05 bits per heavy atom. The van der Waals surface area contributed by atoms with E-state index in [1.165, 1.54) is 25.9 Å². The maximum Gasteiger partial charge on any atom is 0.178 e. The molecule has 5 heteroatoms. The average Bonchev–Trinajstić information content (AvgIpc) is 2.76. The molecule has 0 aliphatic carbocycles. The van der Waals surface area contributed by atoms with Crippen LogP contribution in [-0.2, 0) is 6.54 Å². The molecule has 1 fully saturated rings. The topological polar surface area (TPSA) is 24.0 Å². The van der Waals surface area contributed by atoms with Gasteiger partial charge < -0.3 is 14.5 Å². The fourth-order valence-corrected chi connectivity index (χ4v) is 3.49. The minimum Gasteiger partial charge on any atom is -0.330 e. The summed E-state index contributed by atoms with van der Waals surface area (Å²) in [5.74, 6) is 0.478. The summed E-state index contributed by atoms with van der Waals surface area (Å²) in [6.45, 7) is 8.43. The summed E-state index contributed by atoms with van der Waals surface area (Å²) in [6.07, 6.45) is 2.42. The van der Waals surface area contributed by atoms with Gasteiger partial charge in [0.25, 0.3) is 0 Å². The first kappa shape index (κ1) is 14.7. The minimum absolute atomic E-state index is 0.179. The molecule has 1 N–H and O–H groups in total. The van der Waals surface area contributed by atoms with E-state index < -0.39 is 0 Å². The molecular weight excluding hydrogens is 285 g/mol. The lowest BCUT2D eigenvalue weighted by atomic mass is 9.96. The second-order valence-electron chi connectivity index (χ2n) is 6.04. The predicted molar refractivity (Wildman–Crippen MR) is 86.7 cm³/mol. The number of aromatic nitrogens is 2. The molecule has 1 aromatic heterocycles. The average molecular weight is 307 g/mol. The van der Waals surface area contributed by atoms with Gasteiger partial charge in [0.05, 0.1) is 11.0 Å². The SMILES string of the molecule is CCN1CCC(Cn2c(=S)[nH]c3cc(F)c(C)cc32)CC1. The van der Waals surface area contributed by atoms with Crippen LogP contribution < -0.4 is 0 Å². The summed E-state index contributed by atoms with van der Waals surface area (Å²) in [7, 11) is 0. The molecule has 2 heterocycles. The third-order valence-corrected chi connectivity index (χ3v) is 4.97. The zero-order valence-electron chi connectivity index (χ0n) is 12.7. The molecular formula is C16H22FN3S. The molecule has 0 unspecified atom stereocenters. The molecule has 1 aliphatic rings. The number of hydrogen-bond acceptors (Lipinski definition) is 2. The van der Waals surface area contributed by atoms with E-state index in [1.54, 1.807) is 13.0 Å². The van der Waals surface area contributed by atoms with Crippen LogP contribution in [-0.4, -0.2) is 34.1 Å². The number of piperidine rings is 1. The van der Waals surface area contributed by atoms with Gasteiger partial charge in [-0.25, -0.2) is 4.39 Å². The van der Waals surface area contributed by atoms with Gasteiger partial charge in [0.15, 0.2) is 4.77 Å². The number of H-pyrrole nitrogens is 1. The van der Waals surface area contributed by atoms with Gasteiger partial charge in [0.2, 0.25) is 0 Å². The quantitative estimate of drug-likeness (QED) is 0.870. The largest absolute Gasteiger partial charge is 0.330 e. The summed E-state index contributed by atoms with van der Waals surface area (Å²) in [5, 5.41) is 0. The standard InChI is InChI=1S/C16H22FN3S/c1-3-19-6-4-12(5-7-19)10-20-15-8-11(2)13(17)9-14(15)18-16(20)21/h8-9,12H,3-7,10H2,1-2H3,(H,18,21). The number of fused-ring (bicyclic) bond motifs is 1. The summed E-state index contributed by atoms with van der Waals surface area (Å²) < 4.78 is 16.5. The van der Waals surface area contributed by atoms with Crippen molar-refractivity contribution < 1.29 is 4.39 Å². The van der Waals surface area contributed by atoms with Gasteiger partial charge in [-0.3, -0.25) is 0 Å². The van der Waals surface area contributed by atoms with Crippen LogP contribution in [0.25, 0.3) is 11.0 Å². The van der Waals surface area contributed by atoms with Gasteiger partial charge >= 0.3 is 0 Å². The third-order valence-electron chi connectivity index (χ3n) is 4.65. The van der Waals surface area contributed by atoms with Crippen molar-refractivity contribution in [3.8, 4) is 0 Å². The highest BCUT2D eigenvalue weighted by atomic mass is 32.1. The lowest BCUT2D eigenvalue weighted by Crippen LogP contribution is -2.34. The first-order valence-corrected chi connectivity index (χ1v) is 8.10. The van der Waals surface area contributed by atoms with Crippen LogP contribution >= 0.6 is 12.2 Å². The van der Waals surface area contributed by atoms with Crippen molar-refractivity contribution >= 4 is 23.3 Å². The zero-order chi connectivity index (χ0) is 15.0. The first-order valence-electron chi connectivity index (χ1n) is 7.69. The summed E-state index contributed by atoms with van der Waals surface area (Å²) in [6, 6.07) is 3.45. The Morgan fingerprint density at radius 3 is 2.71 bits per heavy atom. The van der Waals surface area contributed by atoms with Crippen molar-refractivity contribution in [3.05, 3.63) is 28.3 Å². The molecule has 0 atom stereocenters. The molecule has 1 aliphatic heterocycles. The molecule has 1 saturated heterocycles.